The number of carbonyl (C=O) groups excluding carboxylic acids is 1. The Labute approximate surface area is 123 Å². The van der Waals surface area contributed by atoms with E-state index in [1.807, 2.05) is 14.1 Å². The molecule has 1 heterocycles. The molecule has 4 heteroatoms. The average molecular weight is 282 g/mol. The number of amides is 1. The van der Waals surface area contributed by atoms with Crippen LogP contribution in [0, 0.1) is 5.92 Å². The lowest BCUT2D eigenvalue weighted by Crippen LogP contribution is -2.43. The van der Waals surface area contributed by atoms with Crippen LogP contribution in [0.5, 0.6) is 0 Å². The maximum absolute atomic E-state index is 11.6. The van der Waals surface area contributed by atoms with Gasteiger partial charge in [-0.1, -0.05) is 12.8 Å². The molecule has 4 nitrogen and oxygen atoms in total. The summed E-state index contributed by atoms with van der Waals surface area (Å²) in [7, 11) is 3.64. The van der Waals surface area contributed by atoms with Crippen molar-refractivity contribution in [3.63, 3.8) is 0 Å². The number of carbonyl (C=O) groups is 1. The van der Waals surface area contributed by atoms with E-state index < -0.39 is 0 Å². The van der Waals surface area contributed by atoms with Gasteiger partial charge in [-0.05, 0) is 45.2 Å². The summed E-state index contributed by atoms with van der Waals surface area (Å²) in [6.07, 6.45) is 8.57. The number of hydrogen-bond donors (Lipinski definition) is 1. The normalized spacial score (nSPS) is 31.4. The molecular formula is C16H30N2O2. The number of hydrogen-bond acceptors (Lipinski definition) is 3. The first-order chi connectivity index (χ1) is 9.59. The van der Waals surface area contributed by atoms with Crippen LogP contribution in [0.3, 0.4) is 0 Å². The third kappa shape index (κ3) is 3.95. The predicted molar refractivity (Wildman–Crippen MR) is 80.5 cm³/mol. The van der Waals surface area contributed by atoms with Crippen LogP contribution in [-0.4, -0.2) is 60.1 Å². The van der Waals surface area contributed by atoms with E-state index in [0.717, 1.165) is 25.9 Å². The Morgan fingerprint density at radius 2 is 1.95 bits per heavy atom. The summed E-state index contributed by atoms with van der Waals surface area (Å²) in [5, 5.41) is 10.2. The van der Waals surface area contributed by atoms with E-state index >= 15 is 0 Å². The summed E-state index contributed by atoms with van der Waals surface area (Å²) in [6.45, 7) is 2.15. The van der Waals surface area contributed by atoms with E-state index in [9.17, 15) is 9.90 Å². The third-order valence-electron chi connectivity index (χ3n) is 5.02. The molecule has 2 aliphatic rings. The minimum Gasteiger partial charge on any atom is -0.393 e. The van der Waals surface area contributed by atoms with Crippen molar-refractivity contribution in [3.05, 3.63) is 0 Å². The van der Waals surface area contributed by atoms with Crippen molar-refractivity contribution in [1.82, 2.24) is 9.80 Å². The highest BCUT2D eigenvalue weighted by Gasteiger charge is 2.36. The van der Waals surface area contributed by atoms with Crippen molar-refractivity contribution in [2.45, 2.75) is 63.5 Å². The molecule has 0 bridgehead atoms. The van der Waals surface area contributed by atoms with Gasteiger partial charge in [0.05, 0.1) is 6.10 Å². The first-order valence-corrected chi connectivity index (χ1v) is 8.22. The Morgan fingerprint density at radius 3 is 2.65 bits per heavy atom. The highest BCUT2D eigenvalue weighted by Crippen LogP contribution is 2.34. The molecule has 1 aliphatic carbocycles. The summed E-state index contributed by atoms with van der Waals surface area (Å²) in [6, 6.07) is 0.555. The zero-order chi connectivity index (χ0) is 14.5. The van der Waals surface area contributed by atoms with Crippen LogP contribution < -0.4 is 0 Å². The monoisotopic (exact) mass is 282 g/mol. The van der Waals surface area contributed by atoms with Crippen molar-refractivity contribution >= 4 is 5.91 Å². The maximum Gasteiger partial charge on any atom is 0.222 e. The van der Waals surface area contributed by atoms with Gasteiger partial charge in [0, 0.05) is 32.5 Å². The second kappa shape index (κ2) is 7.41. The van der Waals surface area contributed by atoms with Crippen molar-refractivity contribution < 1.29 is 9.90 Å². The number of likely N-dealkylation sites (tertiary alicyclic amines) is 1. The maximum atomic E-state index is 11.6. The lowest BCUT2D eigenvalue weighted by Gasteiger charge is -2.37. The summed E-state index contributed by atoms with van der Waals surface area (Å²) < 4.78 is 0. The molecule has 2 rings (SSSR count). The van der Waals surface area contributed by atoms with Crippen LogP contribution in [0.25, 0.3) is 0 Å². The van der Waals surface area contributed by atoms with Crippen molar-refractivity contribution in [3.8, 4) is 0 Å². The summed E-state index contributed by atoms with van der Waals surface area (Å²) in [4.78, 5) is 15.8. The Kier molecular flexibility index (Phi) is 5.85. The van der Waals surface area contributed by atoms with Crippen LogP contribution >= 0.6 is 0 Å². The fourth-order valence-corrected chi connectivity index (χ4v) is 3.86. The third-order valence-corrected chi connectivity index (χ3v) is 5.02. The van der Waals surface area contributed by atoms with Crippen LogP contribution in [0.1, 0.15) is 51.4 Å². The van der Waals surface area contributed by atoms with Gasteiger partial charge in [0.15, 0.2) is 0 Å². The Balaban J connectivity index is 1.80. The standard InChI is InChI=1S/C16H30N2O2/c1-17(2)16(20)10-6-12-18-11-5-8-14(18)13-7-3-4-9-15(13)19/h13-15,19H,3-12H2,1-2H3. The number of aliphatic hydroxyl groups excluding tert-OH is 1. The lowest BCUT2D eigenvalue weighted by molar-refractivity contribution is -0.128. The highest BCUT2D eigenvalue weighted by molar-refractivity contribution is 5.75. The molecule has 2 fully saturated rings. The van der Waals surface area contributed by atoms with Gasteiger partial charge in [0.2, 0.25) is 5.91 Å². The molecule has 0 spiro atoms. The molecule has 0 aromatic heterocycles. The molecule has 116 valence electrons. The predicted octanol–water partition coefficient (Wildman–Crippen LogP) is 1.87. The second-order valence-electron chi connectivity index (χ2n) is 6.65. The van der Waals surface area contributed by atoms with Gasteiger partial charge in [0.1, 0.15) is 0 Å². The molecule has 1 aliphatic heterocycles. The number of nitrogens with zero attached hydrogens (tertiary/aromatic N) is 2. The smallest absolute Gasteiger partial charge is 0.222 e. The molecule has 3 unspecified atom stereocenters. The van der Waals surface area contributed by atoms with Crippen LogP contribution in [0.4, 0.5) is 0 Å². The van der Waals surface area contributed by atoms with Crippen molar-refractivity contribution in [1.29, 1.82) is 0 Å². The molecule has 20 heavy (non-hydrogen) atoms. The van der Waals surface area contributed by atoms with E-state index in [0.29, 0.717) is 18.4 Å². The molecular weight excluding hydrogens is 252 g/mol. The second-order valence-corrected chi connectivity index (χ2v) is 6.65. The van der Waals surface area contributed by atoms with E-state index in [1.54, 1.807) is 4.90 Å². The number of aliphatic hydroxyl groups is 1. The molecule has 1 N–H and O–H groups in total. The van der Waals surface area contributed by atoms with E-state index in [-0.39, 0.29) is 12.0 Å². The molecule has 0 radical (unpaired) electrons. The van der Waals surface area contributed by atoms with Gasteiger partial charge >= 0.3 is 0 Å². The minimum atomic E-state index is -0.0993. The summed E-state index contributed by atoms with van der Waals surface area (Å²) in [5.74, 6) is 0.689. The molecule has 3 atom stereocenters. The highest BCUT2D eigenvalue weighted by atomic mass is 16.3. The average Bonchev–Trinajstić information content (AvgIpc) is 2.87. The first-order valence-electron chi connectivity index (χ1n) is 8.22. The zero-order valence-corrected chi connectivity index (χ0v) is 13.1. The van der Waals surface area contributed by atoms with Crippen LogP contribution in [0.15, 0.2) is 0 Å². The van der Waals surface area contributed by atoms with Gasteiger partial charge in [-0.15, -0.1) is 0 Å². The largest absolute Gasteiger partial charge is 0.393 e. The fourth-order valence-electron chi connectivity index (χ4n) is 3.86. The SMILES string of the molecule is CN(C)C(=O)CCCN1CCCC1C1CCCCC1O. The molecule has 1 saturated carbocycles. The topological polar surface area (TPSA) is 43.8 Å². The molecule has 1 amide bonds. The van der Waals surface area contributed by atoms with Crippen LogP contribution in [0.2, 0.25) is 0 Å². The van der Waals surface area contributed by atoms with Gasteiger partial charge < -0.3 is 10.0 Å². The Bertz CT molecular complexity index is 320. The summed E-state index contributed by atoms with van der Waals surface area (Å²) in [5.41, 5.74) is 0. The quantitative estimate of drug-likeness (QED) is 0.837. The summed E-state index contributed by atoms with van der Waals surface area (Å²) >= 11 is 0. The van der Waals surface area contributed by atoms with Crippen molar-refractivity contribution in [2.24, 2.45) is 5.92 Å². The van der Waals surface area contributed by atoms with Gasteiger partial charge in [-0.3, -0.25) is 9.69 Å². The first kappa shape index (κ1) is 15.8. The molecule has 0 aromatic rings. The zero-order valence-electron chi connectivity index (χ0n) is 13.1. The van der Waals surface area contributed by atoms with Gasteiger partial charge in [-0.25, -0.2) is 0 Å². The van der Waals surface area contributed by atoms with Gasteiger partial charge in [-0.2, -0.15) is 0 Å². The van der Waals surface area contributed by atoms with Crippen LogP contribution in [-0.2, 0) is 4.79 Å². The van der Waals surface area contributed by atoms with Crippen molar-refractivity contribution in [2.75, 3.05) is 27.2 Å². The fraction of sp³-hybridized carbons (Fsp3) is 0.938. The Morgan fingerprint density at radius 1 is 1.20 bits per heavy atom. The van der Waals surface area contributed by atoms with E-state index in [1.165, 1.54) is 32.1 Å². The minimum absolute atomic E-state index is 0.0993. The molecule has 0 aromatic carbocycles. The lowest BCUT2D eigenvalue weighted by atomic mass is 9.80. The molecule has 1 saturated heterocycles. The van der Waals surface area contributed by atoms with Gasteiger partial charge in [0.25, 0.3) is 0 Å². The Hall–Kier alpha value is -0.610. The van der Waals surface area contributed by atoms with E-state index in [4.69, 9.17) is 0 Å². The van der Waals surface area contributed by atoms with E-state index in [2.05, 4.69) is 4.90 Å². The number of rotatable bonds is 5.